The summed E-state index contributed by atoms with van der Waals surface area (Å²) in [5.74, 6) is -0.568. The third kappa shape index (κ3) is 1.44. The molecule has 0 saturated carbocycles. The standard InChI is InChI=1S/C6H9F2NO/c7-4-1-5(8)6(3-10)9-2-4/h4,9-10H,1-3H2/t4-/m0/s1. The first-order chi connectivity index (χ1) is 4.74. The quantitative estimate of drug-likeness (QED) is 0.568. The summed E-state index contributed by atoms with van der Waals surface area (Å²) in [5, 5.41) is 10.9. The fourth-order valence-electron chi connectivity index (χ4n) is 0.861. The Labute approximate surface area is 57.5 Å². The van der Waals surface area contributed by atoms with Crippen molar-refractivity contribution < 1.29 is 13.9 Å². The van der Waals surface area contributed by atoms with Crippen LogP contribution >= 0.6 is 0 Å². The SMILES string of the molecule is OCC1=C(F)C[C@H](F)CN1. The summed E-state index contributed by atoms with van der Waals surface area (Å²) < 4.78 is 24.8. The Hall–Kier alpha value is -0.640. The maximum Gasteiger partial charge on any atom is 0.124 e. The van der Waals surface area contributed by atoms with Gasteiger partial charge in [-0.15, -0.1) is 0 Å². The molecule has 0 aromatic heterocycles. The van der Waals surface area contributed by atoms with Gasteiger partial charge >= 0.3 is 0 Å². The molecule has 10 heavy (non-hydrogen) atoms. The molecule has 0 bridgehead atoms. The van der Waals surface area contributed by atoms with E-state index in [1.807, 2.05) is 0 Å². The number of rotatable bonds is 1. The predicted octanol–water partition coefficient (Wildman–Crippen LogP) is 0.491. The van der Waals surface area contributed by atoms with E-state index in [9.17, 15) is 8.78 Å². The number of hydrogen-bond donors (Lipinski definition) is 2. The highest BCUT2D eigenvalue weighted by atomic mass is 19.1. The zero-order valence-corrected chi connectivity index (χ0v) is 5.40. The lowest BCUT2D eigenvalue weighted by Gasteiger charge is -2.18. The van der Waals surface area contributed by atoms with Gasteiger partial charge in [0.2, 0.25) is 0 Å². The van der Waals surface area contributed by atoms with Gasteiger partial charge in [0.1, 0.15) is 12.0 Å². The third-order valence-electron chi connectivity index (χ3n) is 1.42. The first kappa shape index (κ1) is 7.47. The van der Waals surface area contributed by atoms with Crippen LogP contribution in [0.25, 0.3) is 0 Å². The molecule has 1 aliphatic heterocycles. The van der Waals surface area contributed by atoms with Crippen molar-refractivity contribution in [2.75, 3.05) is 13.2 Å². The summed E-state index contributed by atoms with van der Waals surface area (Å²) in [5.41, 5.74) is 0.119. The van der Waals surface area contributed by atoms with E-state index in [2.05, 4.69) is 5.32 Å². The molecular formula is C6H9F2NO. The molecular weight excluding hydrogens is 140 g/mol. The molecule has 1 heterocycles. The fourth-order valence-corrected chi connectivity index (χ4v) is 0.861. The van der Waals surface area contributed by atoms with Crippen molar-refractivity contribution in [1.29, 1.82) is 0 Å². The molecule has 0 aromatic carbocycles. The number of hydrogen-bond acceptors (Lipinski definition) is 2. The highest BCUT2D eigenvalue weighted by Crippen LogP contribution is 2.17. The minimum atomic E-state index is -1.16. The van der Waals surface area contributed by atoms with Gasteiger partial charge < -0.3 is 10.4 Å². The van der Waals surface area contributed by atoms with E-state index < -0.39 is 12.0 Å². The van der Waals surface area contributed by atoms with Crippen LogP contribution in [-0.4, -0.2) is 24.4 Å². The first-order valence-electron chi connectivity index (χ1n) is 3.10. The molecule has 1 rings (SSSR count). The molecule has 0 saturated heterocycles. The first-order valence-corrected chi connectivity index (χ1v) is 3.10. The molecule has 0 radical (unpaired) electrons. The lowest BCUT2D eigenvalue weighted by Crippen LogP contribution is -2.30. The minimum Gasteiger partial charge on any atom is -0.390 e. The smallest absolute Gasteiger partial charge is 0.124 e. The van der Waals surface area contributed by atoms with Crippen LogP contribution in [0.5, 0.6) is 0 Å². The Morgan fingerprint density at radius 1 is 1.70 bits per heavy atom. The average molecular weight is 149 g/mol. The molecule has 58 valence electrons. The van der Waals surface area contributed by atoms with Gasteiger partial charge in [0, 0.05) is 13.0 Å². The van der Waals surface area contributed by atoms with Gasteiger partial charge in [0.25, 0.3) is 0 Å². The molecule has 2 N–H and O–H groups in total. The second kappa shape index (κ2) is 2.96. The lowest BCUT2D eigenvalue weighted by atomic mass is 10.1. The molecule has 0 spiro atoms. The van der Waals surface area contributed by atoms with Crippen molar-refractivity contribution in [2.45, 2.75) is 12.6 Å². The molecule has 4 heteroatoms. The van der Waals surface area contributed by atoms with Crippen molar-refractivity contribution in [2.24, 2.45) is 0 Å². The zero-order valence-electron chi connectivity index (χ0n) is 5.40. The Morgan fingerprint density at radius 3 is 2.90 bits per heavy atom. The van der Waals surface area contributed by atoms with Gasteiger partial charge in [0.05, 0.1) is 12.3 Å². The van der Waals surface area contributed by atoms with Crippen LogP contribution in [0.1, 0.15) is 6.42 Å². The molecule has 0 amide bonds. The van der Waals surface area contributed by atoms with Gasteiger partial charge in [-0.05, 0) is 0 Å². The summed E-state index contributed by atoms with van der Waals surface area (Å²) in [7, 11) is 0. The van der Waals surface area contributed by atoms with Gasteiger partial charge in [-0.3, -0.25) is 0 Å². The highest BCUT2D eigenvalue weighted by molar-refractivity contribution is 5.11. The lowest BCUT2D eigenvalue weighted by molar-refractivity contribution is 0.258. The molecule has 1 atom stereocenters. The number of nitrogens with one attached hydrogen (secondary N) is 1. The maximum atomic E-state index is 12.5. The summed E-state index contributed by atoms with van der Waals surface area (Å²) in [6.07, 6.45) is -1.36. The van der Waals surface area contributed by atoms with E-state index in [0.29, 0.717) is 0 Å². The van der Waals surface area contributed by atoms with E-state index in [1.54, 1.807) is 0 Å². The van der Waals surface area contributed by atoms with Crippen molar-refractivity contribution in [3.05, 3.63) is 11.5 Å². The number of halogens is 2. The minimum absolute atomic E-state index is 0.101. The molecule has 0 aromatic rings. The van der Waals surface area contributed by atoms with Gasteiger partial charge in [0.15, 0.2) is 0 Å². The molecule has 0 unspecified atom stereocenters. The van der Waals surface area contributed by atoms with Crippen LogP contribution < -0.4 is 5.32 Å². The fraction of sp³-hybridized carbons (Fsp3) is 0.667. The van der Waals surface area contributed by atoms with E-state index in [-0.39, 0.29) is 25.3 Å². The Bertz CT molecular complexity index is 158. The van der Waals surface area contributed by atoms with Crippen LogP contribution in [0.2, 0.25) is 0 Å². The zero-order chi connectivity index (χ0) is 7.56. The maximum absolute atomic E-state index is 12.5. The molecule has 1 aliphatic rings. The van der Waals surface area contributed by atoms with Crippen molar-refractivity contribution in [3.8, 4) is 0 Å². The largest absolute Gasteiger partial charge is 0.390 e. The molecule has 0 aliphatic carbocycles. The van der Waals surface area contributed by atoms with E-state index in [4.69, 9.17) is 5.11 Å². The average Bonchev–Trinajstić information content (AvgIpc) is 1.88. The van der Waals surface area contributed by atoms with Crippen LogP contribution in [0.3, 0.4) is 0 Å². The van der Waals surface area contributed by atoms with Gasteiger partial charge in [-0.1, -0.05) is 0 Å². The van der Waals surface area contributed by atoms with Crippen LogP contribution in [0.15, 0.2) is 11.5 Å². The Kier molecular flexibility index (Phi) is 2.21. The Morgan fingerprint density at radius 2 is 2.40 bits per heavy atom. The summed E-state index contributed by atoms with van der Waals surface area (Å²) in [6.45, 7) is -0.276. The van der Waals surface area contributed by atoms with Gasteiger partial charge in [-0.2, -0.15) is 0 Å². The van der Waals surface area contributed by atoms with Gasteiger partial charge in [-0.25, -0.2) is 8.78 Å². The van der Waals surface area contributed by atoms with Crippen LogP contribution in [-0.2, 0) is 0 Å². The highest BCUT2D eigenvalue weighted by Gasteiger charge is 2.18. The molecule has 0 fully saturated rings. The van der Waals surface area contributed by atoms with Crippen molar-refractivity contribution in [1.82, 2.24) is 5.32 Å². The normalized spacial score (nSPS) is 26.5. The third-order valence-corrected chi connectivity index (χ3v) is 1.42. The predicted molar refractivity (Wildman–Crippen MR) is 32.7 cm³/mol. The van der Waals surface area contributed by atoms with E-state index >= 15 is 0 Å². The van der Waals surface area contributed by atoms with Crippen LogP contribution in [0.4, 0.5) is 8.78 Å². The topological polar surface area (TPSA) is 32.3 Å². The number of aliphatic hydroxyl groups excluding tert-OH is 1. The second-order valence-corrected chi connectivity index (χ2v) is 2.22. The van der Waals surface area contributed by atoms with E-state index in [1.165, 1.54) is 0 Å². The summed E-state index contributed by atoms with van der Waals surface area (Å²) >= 11 is 0. The van der Waals surface area contributed by atoms with Crippen molar-refractivity contribution >= 4 is 0 Å². The molecule has 2 nitrogen and oxygen atoms in total. The van der Waals surface area contributed by atoms with Crippen molar-refractivity contribution in [3.63, 3.8) is 0 Å². The number of alkyl halides is 1. The summed E-state index contributed by atoms with van der Waals surface area (Å²) in [4.78, 5) is 0. The summed E-state index contributed by atoms with van der Waals surface area (Å²) in [6, 6.07) is 0. The second-order valence-electron chi connectivity index (χ2n) is 2.22. The number of allylic oxidation sites excluding steroid dienone is 1. The Balaban J connectivity index is 2.61. The monoisotopic (exact) mass is 149 g/mol. The van der Waals surface area contributed by atoms with E-state index in [0.717, 1.165) is 0 Å². The number of aliphatic hydroxyl groups is 1. The van der Waals surface area contributed by atoms with Crippen LogP contribution in [0, 0.1) is 0 Å².